The van der Waals surface area contributed by atoms with Gasteiger partial charge in [0.15, 0.2) is 0 Å². The van der Waals surface area contributed by atoms with Gasteiger partial charge in [0, 0.05) is 37.5 Å². The third-order valence-corrected chi connectivity index (χ3v) is 4.54. The number of anilines is 1. The number of hydrogen-bond donors (Lipinski definition) is 2. The maximum Gasteiger partial charge on any atom is 0.286 e. The van der Waals surface area contributed by atoms with E-state index < -0.39 is 11.8 Å². The molecule has 0 saturated heterocycles. The molecule has 1 aromatic heterocycles. The molecule has 0 spiro atoms. The molecule has 3 rings (SSSR count). The minimum absolute atomic E-state index is 0.0643. The van der Waals surface area contributed by atoms with Crippen LogP contribution in [0.25, 0.3) is 0 Å². The van der Waals surface area contributed by atoms with Gasteiger partial charge in [-0.3, -0.25) is 25.2 Å². The predicted octanol–water partition coefficient (Wildman–Crippen LogP) is 2.05. The molecule has 0 saturated carbocycles. The highest BCUT2D eigenvalue weighted by Crippen LogP contribution is 2.29. The van der Waals surface area contributed by atoms with Crippen molar-refractivity contribution in [2.45, 2.75) is 19.8 Å². The van der Waals surface area contributed by atoms with Crippen LogP contribution in [0.1, 0.15) is 39.8 Å². The number of fused-ring (bicyclic) bond motifs is 1. The van der Waals surface area contributed by atoms with Gasteiger partial charge in [0.1, 0.15) is 5.69 Å². The minimum Gasteiger partial charge on any atom is -0.345 e. The zero-order valence-electron chi connectivity index (χ0n) is 14.5. The summed E-state index contributed by atoms with van der Waals surface area (Å²) in [6, 6.07) is 6.67. The van der Waals surface area contributed by atoms with Crippen molar-refractivity contribution in [2.24, 2.45) is 7.05 Å². The summed E-state index contributed by atoms with van der Waals surface area (Å²) < 4.78 is 1.57. The number of aryl methyl sites for hydroxylation is 1. The van der Waals surface area contributed by atoms with E-state index in [1.165, 1.54) is 6.07 Å². The van der Waals surface area contributed by atoms with Crippen molar-refractivity contribution in [3.63, 3.8) is 0 Å². The van der Waals surface area contributed by atoms with E-state index in [9.17, 15) is 14.4 Å². The molecule has 26 heavy (non-hydrogen) atoms. The lowest BCUT2D eigenvalue weighted by atomic mass is 10.1. The summed E-state index contributed by atoms with van der Waals surface area (Å²) >= 11 is 5.85. The minimum atomic E-state index is -0.464. The van der Waals surface area contributed by atoms with Crippen LogP contribution in [0.5, 0.6) is 0 Å². The number of hydrazine groups is 1. The fraction of sp³-hybridized carbons (Fsp3) is 0.278. The zero-order valence-corrected chi connectivity index (χ0v) is 15.3. The van der Waals surface area contributed by atoms with Crippen LogP contribution >= 0.6 is 11.6 Å². The van der Waals surface area contributed by atoms with Crippen LogP contribution < -0.4 is 15.8 Å². The Bertz CT molecular complexity index is 891. The van der Waals surface area contributed by atoms with Crippen LogP contribution in [0.2, 0.25) is 5.02 Å². The fourth-order valence-electron chi connectivity index (χ4n) is 2.99. The number of carbonyl (C=O) groups excluding carboxylic acids is 3. The highest BCUT2D eigenvalue weighted by molar-refractivity contribution is 6.31. The summed E-state index contributed by atoms with van der Waals surface area (Å²) in [6.07, 6.45) is 2.75. The van der Waals surface area contributed by atoms with Crippen molar-refractivity contribution < 1.29 is 14.4 Å². The number of nitrogens with zero attached hydrogens (tertiary/aromatic N) is 2. The van der Waals surface area contributed by atoms with Gasteiger partial charge in [-0.15, -0.1) is 0 Å². The molecule has 0 atom stereocenters. The Labute approximate surface area is 155 Å². The molecule has 0 fully saturated rings. The largest absolute Gasteiger partial charge is 0.345 e. The second-order valence-corrected chi connectivity index (χ2v) is 6.49. The van der Waals surface area contributed by atoms with Gasteiger partial charge in [-0.25, -0.2) is 0 Å². The third kappa shape index (κ3) is 3.43. The second-order valence-electron chi connectivity index (χ2n) is 6.06. The summed E-state index contributed by atoms with van der Waals surface area (Å²) in [5.41, 5.74) is 7.30. The topological polar surface area (TPSA) is 83.4 Å². The summed E-state index contributed by atoms with van der Waals surface area (Å²) in [6.45, 7) is 2.45. The van der Waals surface area contributed by atoms with E-state index in [1.807, 2.05) is 6.92 Å². The highest BCUT2D eigenvalue weighted by atomic mass is 35.5. The first-order valence-electron chi connectivity index (χ1n) is 8.26. The maximum absolute atomic E-state index is 12.3. The number of nitrogens with one attached hydrogen (secondary N) is 2. The molecule has 7 nitrogen and oxygen atoms in total. The quantitative estimate of drug-likeness (QED) is 0.806. The Morgan fingerprint density at radius 1 is 1.15 bits per heavy atom. The molecule has 2 N–H and O–H groups in total. The smallest absolute Gasteiger partial charge is 0.286 e. The normalized spacial score (nSPS) is 12.7. The van der Waals surface area contributed by atoms with Gasteiger partial charge in [-0.2, -0.15) is 0 Å². The number of carbonyl (C=O) groups is 3. The molecule has 0 aliphatic carbocycles. The van der Waals surface area contributed by atoms with Gasteiger partial charge >= 0.3 is 0 Å². The summed E-state index contributed by atoms with van der Waals surface area (Å²) in [4.78, 5) is 38.1. The van der Waals surface area contributed by atoms with E-state index in [0.717, 1.165) is 11.3 Å². The predicted molar refractivity (Wildman–Crippen MR) is 98.1 cm³/mol. The summed E-state index contributed by atoms with van der Waals surface area (Å²) in [5, 5.41) is 0.439. The average molecular weight is 375 g/mol. The van der Waals surface area contributed by atoms with Crippen molar-refractivity contribution in [3.8, 4) is 0 Å². The van der Waals surface area contributed by atoms with Gasteiger partial charge in [0.2, 0.25) is 5.91 Å². The van der Waals surface area contributed by atoms with Crippen molar-refractivity contribution in [1.82, 2.24) is 15.4 Å². The van der Waals surface area contributed by atoms with Gasteiger partial charge in [-0.05, 0) is 36.2 Å². The summed E-state index contributed by atoms with van der Waals surface area (Å²) in [5.74, 6) is -0.829. The Balaban J connectivity index is 1.67. The molecule has 2 aromatic rings. The second kappa shape index (κ2) is 7.21. The molecule has 1 aliphatic heterocycles. The Morgan fingerprint density at radius 3 is 2.54 bits per heavy atom. The van der Waals surface area contributed by atoms with Crippen molar-refractivity contribution >= 4 is 35.0 Å². The zero-order chi connectivity index (χ0) is 18.8. The molecular formula is C18H19ClN4O3. The van der Waals surface area contributed by atoms with E-state index in [1.54, 1.807) is 40.9 Å². The van der Waals surface area contributed by atoms with E-state index in [2.05, 4.69) is 10.9 Å². The lowest BCUT2D eigenvalue weighted by molar-refractivity contribution is -0.118. The van der Waals surface area contributed by atoms with Gasteiger partial charge < -0.3 is 9.47 Å². The number of benzene rings is 1. The monoisotopic (exact) mass is 374 g/mol. The van der Waals surface area contributed by atoms with E-state index in [0.29, 0.717) is 35.7 Å². The van der Waals surface area contributed by atoms with E-state index in [4.69, 9.17) is 11.6 Å². The van der Waals surface area contributed by atoms with Gasteiger partial charge in [0.05, 0.1) is 5.02 Å². The first kappa shape index (κ1) is 18.0. The number of hydrogen-bond acceptors (Lipinski definition) is 3. The van der Waals surface area contributed by atoms with Crippen molar-refractivity contribution in [3.05, 3.63) is 52.3 Å². The number of halogens is 1. The third-order valence-electron chi connectivity index (χ3n) is 4.33. The molecule has 1 aromatic carbocycles. The first-order chi connectivity index (χ1) is 12.4. The molecule has 0 unspecified atom stereocenters. The molecule has 0 bridgehead atoms. The highest BCUT2D eigenvalue weighted by Gasteiger charge is 2.24. The first-order valence-corrected chi connectivity index (χ1v) is 8.64. The van der Waals surface area contributed by atoms with Crippen LogP contribution in [0.15, 0.2) is 30.5 Å². The number of amides is 3. The average Bonchev–Trinajstić information content (AvgIpc) is 3.20. The summed E-state index contributed by atoms with van der Waals surface area (Å²) in [7, 11) is 1.69. The van der Waals surface area contributed by atoms with Gasteiger partial charge in [-0.1, -0.05) is 18.5 Å². The lowest BCUT2D eigenvalue weighted by Gasteiger charge is -2.16. The number of aromatic nitrogens is 1. The maximum atomic E-state index is 12.3. The molecule has 2 heterocycles. The van der Waals surface area contributed by atoms with Crippen LogP contribution in [-0.2, 0) is 18.3 Å². The lowest BCUT2D eigenvalue weighted by Crippen LogP contribution is -2.42. The van der Waals surface area contributed by atoms with Crippen LogP contribution in [-0.4, -0.2) is 28.8 Å². The standard InChI is InChI=1S/C18H19ClN4O3/c1-3-16(24)23-7-6-11-8-12(4-5-14(11)23)17(25)20-21-18(26)15-9-13(19)10-22(15)2/h4-5,8-10H,3,6-7H2,1-2H3,(H,20,25)(H,21,26). The fourth-order valence-corrected chi connectivity index (χ4v) is 3.24. The van der Waals surface area contributed by atoms with Gasteiger partial charge in [0.25, 0.3) is 11.8 Å². The van der Waals surface area contributed by atoms with Crippen LogP contribution in [0.4, 0.5) is 5.69 Å². The molecule has 0 radical (unpaired) electrons. The molecule has 8 heteroatoms. The molecular weight excluding hydrogens is 356 g/mol. The Kier molecular flexibility index (Phi) is 4.99. The van der Waals surface area contributed by atoms with E-state index in [-0.39, 0.29) is 5.91 Å². The SMILES string of the molecule is CCC(=O)N1CCc2cc(C(=O)NNC(=O)c3cc(Cl)cn3C)ccc21. The van der Waals surface area contributed by atoms with Crippen molar-refractivity contribution in [2.75, 3.05) is 11.4 Å². The molecule has 1 aliphatic rings. The van der Waals surface area contributed by atoms with E-state index >= 15 is 0 Å². The molecule has 3 amide bonds. The Hall–Kier alpha value is -2.80. The number of rotatable bonds is 3. The molecule has 136 valence electrons. The van der Waals surface area contributed by atoms with Crippen LogP contribution in [0.3, 0.4) is 0 Å². The Morgan fingerprint density at radius 2 is 1.88 bits per heavy atom. The van der Waals surface area contributed by atoms with Crippen molar-refractivity contribution in [1.29, 1.82) is 0 Å². The van der Waals surface area contributed by atoms with Crippen LogP contribution in [0, 0.1) is 0 Å².